The number of rotatable bonds is 9. The summed E-state index contributed by atoms with van der Waals surface area (Å²) in [6, 6.07) is 11.3. The summed E-state index contributed by atoms with van der Waals surface area (Å²) in [5, 5.41) is 6.26. The highest BCUT2D eigenvalue weighted by Gasteiger charge is 2.19. The zero-order valence-electron chi connectivity index (χ0n) is 16.5. The van der Waals surface area contributed by atoms with E-state index in [0.29, 0.717) is 53.9 Å². The Morgan fingerprint density at radius 2 is 1.97 bits per heavy atom. The Morgan fingerprint density at radius 3 is 2.61 bits per heavy atom. The van der Waals surface area contributed by atoms with Gasteiger partial charge in [-0.2, -0.15) is 0 Å². The molecule has 166 valence electrons. The number of nitrogens with one attached hydrogen (secondary N) is 2. The van der Waals surface area contributed by atoms with Gasteiger partial charge < -0.3 is 24.4 Å². The molecule has 3 rings (SSSR count). The first-order valence-electron chi connectivity index (χ1n) is 9.57. The predicted octanol–water partition coefficient (Wildman–Crippen LogP) is 2.59. The van der Waals surface area contributed by atoms with Gasteiger partial charge in [-0.05, 0) is 42.3 Å². The van der Waals surface area contributed by atoms with Crippen LogP contribution in [0.1, 0.15) is 15.9 Å². The van der Waals surface area contributed by atoms with Crippen molar-refractivity contribution < 1.29 is 18.4 Å². The van der Waals surface area contributed by atoms with Crippen LogP contribution in [-0.4, -0.2) is 58.3 Å². The second kappa shape index (κ2) is 10.8. The van der Waals surface area contributed by atoms with Crippen LogP contribution in [-0.2, 0) is 17.7 Å². The summed E-state index contributed by atoms with van der Waals surface area (Å²) in [4.78, 5) is 25.4. The van der Waals surface area contributed by atoms with Crippen molar-refractivity contribution in [3.05, 3.63) is 63.6 Å². The first kappa shape index (κ1) is 23.3. The van der Waals surface area contributed by atoms with Crippen molar-refractivity contribution >= 4 is 52.1 Å². The summed E-state index contributed by atoms with van der Waals surface area (Å²) in [7, 11) is 0. The molecule has 1 aliphatic heterocycles. The van der Waals surface area contributed by atoms with Gasteiger partial charge in [-0.3, -0.25) is 9.00 Å². The van der Waals surface area contributed by atoms with Crippen molar-refractivity contribution in [2.24, 2.45) is 0 Å². The van der Waals surface area contributed by atoms with Crippen molar-refractivity contribution in [1.29, 1.82) is 0 Å². The number of hydrogen-bond donors (Lipinski definition) is 2. The van der Waals surface area contributed by atoms with Gasteiger partial charge in [-0.1, -0.05) is 35.3 Å². The van der Waals surface area contributed by atoms with Crippen LogP contribution >= 0.6 is 23.2 Å². The van der Waals surface area contributed by atoms with Gasteiger partial charge in [0, 0.05) is 55.2 Å². The second-order valence-electron chi connectivity index (χ2n) is 6.80. The number of halogens is 2. The van der Waals surface area contributed by atoms with E-state index in [9.17, 15) is 18.4 Å². The lowest BCUT2D eigenvalue weighted by molar-refractivity contribution is 0.0950. The smallest absolute Gasteiger partial charge is 0.317 e. The minimum absolute atomic E-state index is 0.136. The molecule has 1 atom stereocenters. The molecule has 0 aliphatic carbocycles. The Kier molecular flexibility index (Phi) is 8.14. The topological polar surface area (TPSA) is 105 Å². The maximum Gasteiger partial charge on any atom is 0.317 e. The first-order chi connectivity index (χ1) is 14.9. The highest BCUT2D eigenvalue weighted by Crippen LogP contribution is 2.26. The third-order valence-electron chi connectivity index (χ3n) is 4.83. The zero-order valence-corrected chi connectivity index (χ0v) is 18.8. The number of urea groups is 1. The standard InChI is InChI=1S/C20H22Cl2N4O4S/c21-17-3-1-2-14(18(17)22)8-11-26(31(29)30)16-6-4-15(5-7-16)19(27)23-9-12-25-13-10-24-20(25)28/h1-7H,8-13H2,(H,23,27)(H,24,28)(H,29,30)/p-1. The number of benzene rings is 2. The van der Waals surface area contributed by atoms with E-state index in [1.165, 1.54) is 4.31 Å². The fourth-order valence-corrected chi connectivity index (χ4v) is 4.11. The SMILES string of the molecule is O=C(NCCN1CCNC1=O)c1ccc(N(CCc2cccc(Cl)c2Cl)S(=O)[O-])cc1. The zero-order chi connectivity index (χ0) is 22.4. The third kappa shape index (κ3) is 6.10. The normalized spacial score (nSPS) is 14.3. The largest absolute Gasteiger partial charge is 0.755 e. The third-order valence-corrected chi connectivity index (χ3v) is 6.44. The molecule has 0 saturated carbocycles. The molecule has 3 amide bonds. The van der Waals surface area contributed by atoms with Crippen LogP contribution in [0.5, 0.6) is 0 Å². The van der Waals surface area contributed by atoms with Gasteiger partial charge in [0.15, 0.2) is 0 Å². The second-order valence-corrected chi connectivity index (χ2v) is 8.46. The van der Waals surface area contributed by atoms with Crippen molar-refractivity contribution in [2.45, 2.75) is 6.42 Å². The first-order valence-corrected chi connectivity index (χ1v) is 11.4. The van der Waals surface area contributed by atoms with Gasteiger partial charge in [-0.15, -0.1) is 0 Å². The van der Waals surface area contributed by atoms with Crippen LogP contribution < -0.4 is 14.9 Å². The van der Waals surface area contributed by atoms with Gasteiger partial charge in [0.05, 0.1) is 10.0 Å². The number of nitrogens with zero attached hydrogens (tertiary/aromatic N) is 2. The molecule has 0 spiro atoms. The molecular formula is C20H21Cl2N4O4S-. The number of carbonyl (C=O) groups is 2. The van der Waals surface area contributed by atoms with Crippen molar-refractivity contribution in [3.8, 4) is 0 Å². The molecule has 1 heterocycles. The minimum Gasteiger partial charge on any atom is -0.755 e. The van der Waals surface area contributed by atoms with Crippen LogP contribution in [0.25, 0.3) is 0 Å². The Balaban J connectivity index is 1.58. The summed E-state index contributed by atoms with van der Waals surface area (Å²) < 4.78 is 24.7. The Hall–Kier alpha value is -2.33. The molecule has 0 bridgehead atoms. The van der Waals surface area contributed by atoms with Gasteiger partial charge in [0.1, 0.15) is 0 Å². The Bertz CT molecular complexity index is 974. The summed E-state index contributed by atoms with van der Waals surface area (Å²) in [6.45, 7) is 2.14. The maximum atomic E-state index is 12.3. The molecule has 2 aromatic carbocycles. The Morgan fingerprint density at radius 1 is 1.23 bits per heavy atom. The summed E-state index contributed by atoms with van der Waals surface area (Å²) in [6.07, 6.45) is 0.375. The summed E-state index contributed by atoms with van der Waals surface area (Å²) in [5.41, 5.74) is 1.56. The van der Waals surface area contributed by atoms with Crippen molar-refractivity contribution in [1.82, 2.24) is 15.5 Å². The van der Waals surface area contributed by atoms with Crippen LogP contribution in [0.15, 0.2) is 42.5 Å². The summed E-state index contributed by atoms with van der Waals surface area (Å²) in [5.74, 6) is -0.299. The lowest BCUT2D eigenvalue weighted by atomic mass is 10.1. The van der Waals surface area contributed by atoms with Gasteiger partial charge in [0.25, 0.3) is 5.91 Å². The fraction of sp³-hybridized carbons (Fsp3) is 0.300. The predicted molar refractivity (Wildman–Crippen MR) is 120 cm³/mol. The highest BCUT2D eigenvalue weighted by molar-refractivity contribution is 7.80. The molecule has 2 aromatic rings. The molecule has 1 aliphatic rings. The number of anilines is 1. The van der Waals surface area contributed by atoms with Gasteiger partial charge in [0.2, 0.25) is 0 Å². The van der Waals surface area contributed by atoms with E-state index in [2.05, 4.69) is 10.6 Å². The fourth-order valence-electron chi connectivity index (χ4n) is 3.16. The van der Waals surface area contributed by atoms with E-state index in [0.717, 1.165) is 5.56 Å². The molecule has 1 unspecified atom stereocenters. The summed E-state index contributed by atoms with van der Waals surface area (Å²) >= 11 is 9.68. The molecule has 31 heavy (non-hydrogen) atoms. The van der Waals surface area contributed by atoms with E-state index in [4.69, 9.17) is 23.2 Å². The maximum absolute atomic E-state index is 12.3. The molecule has 1 saturated heterocycles. The molecule has 0 radical (unpaired) electrons. The van der Waals surface area contributed by atoms with Crippen molar-refractivity contribution in [3.63, 3.8) is 0 Å². The van der Waals surface area contributed by atoms with Gasteiger partial charge >= 0.3 is 6.03 Å². The lowest BCUT2D eigenvalue weighted by Crippen LogP contribution is -2.36. The number of hydrogen-bond acceptors (Lipinski definition) is 4. The molecule has 1 fully saturated rings. The number of carbonyl (C=O) groups excluding carboxylic acids is 2. The lowest BCUT2D eigenvalue weighted by Gasteiger charge is -2.26. The Labute approximate surface area is 192 Å². The monoisotopic (exact) mass is 483 g/mol. The van der Waals surface area contributed by atoms with Crippen LogP contribution in [0, 0.1) is 0 Å². The van der Waals surface area contributed by atoms with E-state index >= 15 is 0 Å². The molecule has 11 heteroatoms. The quantitative estimate of drug-likeness (QED) is 0.534. The van der Waals surface area contributed by atoms with E-state index < -0.39 is 11.3 Å². The molecule has 2 N–H and O–H groups in total. The molecular weight excluding hydrogens is 463 g/mol. The van der Waals surface area contributed by atoms with Crippen LogP contribution in [0.3, 0.4) is 0 Å². The van der Waals surface area contributed by atoms with Gasteiger partial charge in [-0.25, -0.2) is 4.79 Å². The highest BCUT2D eigenvalue weighted by atomic mass is 35.5. The van der Waals surface area contributed by atoms with Crippen molar-refractivity contribution in [2.75, 3.05) is 37.0 Å². The molecule has 0 aromatic heterocycles. The number of amides is 3. The minimum atomic E-state index is -2.50. The van der Waals surface area contributed by atoms with Crippen LogP contribution in [0.2, 0.25) is 10.0 Å². The average molecular weight is 484 g/mol. The van der Waals surface area contributed by atoms with E-state index in [1.54, 1.807) is 47.4 Å². The average Bonchev–Trinajstić information content (AvgIpc) is 3.16. The van der Waals surface area contributed by atoms with E-state index in [1.807, 2.05) is 0 Å². The molecule has 8 nitrogen and oxygen atoms in total. The van der Waals surface area contributed by atoms with Crippen LogP contribution in [0.4, 0.5) is 10.5 Å². The van der Waals surface area contributed by atoms with E-state index in [-0.39, 0.29) is 18.5 Å².